The first kappa shape index (κ1) is 11.8. The molecule has 0 aliphatic rings. The minimum absolute atomic E-state index is 0.0545. The van der Waals surface area contributed by atoms with Crippen LogP contribution < -0.4 is 5.06 Å². The van der Waals surface area contributed by atoms with Crippen LogP contribution in [0.2, 0.25) is 0 Å². The first-order chi connectivity index (χ1) is 5.66. The second-order valence-corrected chi connectivity index (χ2v) is 3.03. The monoisotopic (exact) mass is 177 g/mol. The molecule has 3 N–H and O–H groups in total. The fourth-order valence-electron chi connectivity index (χ4n) is 1.05. The summed E-state index contributed by atoms with van der Waals surface area (Å²) in [5.41, 5.74) is 0. The fourth-order valence-corrected chi connectivity index (χ4v) is 1.05. The molecule has 0 aliphatic heterocycles. The minimum Gasteiger partial charge on any atom is -0.634 e. The molecule has 0 aromatic rings. The average molecular weight is 177 g/mol. The predicted octanol–water partition coefficient (Wildman–Crippen LogP) is -0.740. The van der Waals surface area contributed by atoms with Crippen LogP contribution in [0.5, 0.6) is 0 Å². The number of hydroxylamine groups is 2. The van der Waals surface area contributed by atoms with Crippen LogP contribution in [0.3, 0.4) is 0 Å². The summed E-state index contributed by atoms with van der Waals surface area (Å²) in [6, 6.07) is 0. The van der Waals surface area contributed by atoms with Gasteiger partial charge in [0.15, 0.2) is 0 Å². The van der Waals surface area contributed by atoms with Gasteiger partial charge < -0.3 is 20.5 Å². The van der Waals surface area contributed by atoms with E-state index < -0.39 is 6.29 Å². The summed E-state index contributed by atoms with van der Waals surface area (Å²) in [5, 5.41) is 27.8. The SMILES string of the molecule is CCCCCC[NH+]([O-])CC(O)O. The molecule has 0 aromatic carbocycles. The van der Waals surface area contributed by atoms with Gasteiger partial charge in [0.05, 0.1) is 6.54 Å². The molecule has 1 atom stereocenters. The van der Waals surface area contributed by atoms with Crippen LogP contribution in [0.4, 0.5) is 0 Å². The number of unbranched alkanes of at least 4 members (excludes halogenated alkanes) is 3. The molecule has 12 heavy (non-hydrogen) atoms. The summed E-state index contributed by atoms with van der Waals surface area (Å²) in [4.78, 5) is 0. The second-order valence-electron chi connectivity index (χ2n) is 3.03. The first-order valence-electron chi connectivity index (χ1n) is 4.54. The lowest BCUT2D eigenvalue weighted by Crippen LogP contribution is -3.08. The van der Waals surface area contributed by atoms with Crippen molar-refractivity contribution < 1.29 is 15.3 Å². The Balaban J connectivity index is 3.14. The van der Waals surface area contributed by atoms with Crippen molar-refractivity contribution in [3.8, 4) is 0 Å². The maximum atomic E-state index is 10.9. The standard InChI is InChI=1S/C8H19NO3/c1-2-3-4-5-6-9(12)7-8(10)11/h8-11H,2-7H2,1H3. The number of aliphatic hydroxyl groups is 2. The molecule has 0 saturated heterocycles. The van der Waals surface area contributed by atoms with E-state index in [9.17, 15) is 5.21 Å². The van der Waals surface area contributed by atoms with Gasteiger partial charge in [-0.05, 0) is 12.8 Å². The van der Waals surface area contributed by atoms with Gasteiger partial charge in [0.1, 0.15) is 6.54 Å². The van der Waals surface area contributed by atoms with Crippen molar-refractivity contribution in [3.05, 3.63) is 5.21 Å². The van der Waals surface area contributed by atoms with Gasteiger partial charge in [-0.1, -0.05) is 19.8 Å². The zero-order chi connectivity index (χ0) is 9.40. The Morgan fingerprint density at radius 3 is 2.42 bits per heavy atom. The highest BCUT2D eigenvalue weighted by Gasteiger charge is 2.02. The quantitative estimate of drug-likeness (QED) is 0.272. The molecule has 0 heterocycles. The molecule has 0 saturated carbocycles. The normalized spacial score (nSPS) is 13.8. The number of aliphatic hydroxyl groups excluding tert-OH is 1. The highest BCUT2D eigenvalue weighted by Crippen LogP contribution is 1.95. The van der Waals surface area contributed by atoms with Crippen molar-refractivity contribution in [1.29, 1.82) is 0 Å². The lowest BCUT2D eigenvalue weighted by molar-refractivity contribution is -0.855. The molecule has 0 bridgehead atoms. The number of nitrogens with one attached hydrogen (secondary N) is 1. The topological polar surface area (TPSA) is 68.0 Å². The van der Waals surface area contributed by atoms with E-state index in [0.717, 1.165) is 25.7 Å². The van der Waals surface area contributed by atoms with Gasteiger partial charge in [0.25, 0.3) is 0 Å². The van der Waals surface area contributed by atoms with Crippen molar-refractivity contribution >= 4 is 0 Å². The molecule has 0 aliphatic carbocycles. The molecule has 4 nitrogen and oxygen atoms in total. The van der Waals surface area contributed by atoms with Crippen molar-refractivity contribution in [2.75, 3.05) is 13.1 Å². The molecule has 0 fully saturated rings. The van der Waals surface area contributed by atoms with Gasteiger partial charge in [-0.25, -0.2) is 0 Å². The Labute approximate surface area is 73.4 Å². The van der Waals surface area contributed by atoms with Crippen LogP contribution in [0.25, 0.3) is 0 Å². The zero-order valence-corrected chi connectivity index (χ0v) is 7.62. The third-order valence-electron chi connectivity index (χ3n) is 1.72. The van der Waals surface area contributed by atoms with E-state index in [2.05, 4.69) is 6.92 Å². The van der Waals surface area contributed by atoms with E-state index in [1.807, 2.05) is 0 Å². The van der Waals surface area contributed by atoms with Gasteiger partial charge in [-0.15, -0.1) is 0 Å². The molecule has 0 rings (SSSR count). The Morgan fingerprint density at radius 2 is 1.92 bits per heavy atom. The third kappa shape index (κ3) is 7.94. The Bertz CT molecular complexity index is 98.3. The highest BCUT2D eigenvalue weighted by molar-refractivity contribution is 4.39. The Morgan fingerprint density at radius 1 is 1.25 bits per heavy atom. The van der Waals surface area contributed by atoms with Crippen LogP contribution in [0.15, 0.2) is 0 Å². The predicted molar refractivity (Wildman–Crippen MR) is 46.4 cm³/mol. The fraction of sp³-hybridized carbons (Fsp3) is 1.00. The average Bonchev–Trinajstić information content (AvgIpc) is 1.97. The summed E-state index contributed by atoms with van der Waals surface area (Å²) >= 11 is 0. The maximum Gasteiger partial charge on any atom is 0.202 e. The number of quaternary nitrogens is 1. The van der Waals surface area contributed by atoms with Crippen LogP contribution in [0, 0.1) is 5.21 Å². The van der Waals surface area contributed by atoms with E-state index in [1.165, 1.54) is 0 Å². The smallest absolute Gasteiger partial charge is 0.202 e. The van der Waals surface area contributed by atoms with Gasteiger partial charge in [-0.2, -0.15) is 0 Å². The van der Waals surface area contributed by atoms with Crippen molar-refractivity contribution in [2.24, 2.45) is 0 Å². The van der Waals surface area contributed by atoms with Gasteiger partial charge >= 0.3 is 0 Å². The van der Waals surface area contributed by atoms with Crippen molar-refractivity contribution in [1.82, 2.24) is 0 Å². The van der Waals surface area contributed by atoms with E-state index in [1.54, 1.807) is 0 Å². The summed E-state index contributed by atoms with van der Waals surface area (Å²) in [7, 11) is 0. The summed E-state index contributed by atoms with van der Waals surface area (Å²) in [6.07, 6.45) is 2.76. The minimum atomic E-state index is -1.47. The summed E-state index contributed by atoms with van der Waals surface area (Å²) < 4.78 is 0. The Hall–Kier alpha value is -0.160. The molecular weight excluding hydrogens is 158 g/mol. The van der Waals surface area contributed by atoms with Crippen LogP contribution in [-0.2, 0) is 0 Å². The van der Waals surface area contributed by atoms with E-state index >= 15 is 0 Å². The van der Waals surface area contributed by atoms with Gasteiger partial charge in [0, 0.05) is 0 Å². The van der Waals surface area contributed by atoms with E-state index in [-0.39, 0.29) is 11.6 Å². The lowest BCUT2D eigenvalue weighted by Gasteiger charge is -2.22. The second kappa shape index (κ2) is 7.49. The molecule has 0 aromatic heterocycles. The van der Waals surface area contributed by atoms with Crippen LogP contribution >= 0.6 is 0 Å². The molecule has 74 valence electrons. The van der Waals surface area contributed by atoms with Crippen LogP contribution in [-0.4, -0.2) is 29.6 Å². The first-order valence-corrected chi connectivity index (χ1v) is 4.54. The largest absolute Gasteiger partial charge is 0.634 e. The number of hydrogen-bond donors (Lipinski definition) is 3. The Kier molecular flexibility index (Phi) is 7.39. The van der Waals surface area contributed by atoms with Crippen LogP contribution in [0.1, 0.15) is 32.6 Å². The highest BCUT2D eigenvalue weighted by atomic mass is 16.5. The van der Waals surface area contributed by atoms with Gasteiger partial charge in [0.2, 0.25) is 6.29 Å². The molecule has 1 unspecified atom stereocenters. The number of hydrogen-bond acceptors (Lipinski definition) is 3. The third-order valence-corrected chi connectivity index (χ3v) is 1.72. The van der Waals surface area contributed by atoms with Crippen molar-refractivity contribution in [3.63, 3.8) is 0 Å². The lowest BCUT2D eigenvalue weighted by atomic mass is 10.2. The van der Waals surface area contributed by atoms with Crippen molar-refractivity contribution in [2.45, 2.75) is 38.9 Å². The number of rotatable bonds is 7. The molecular formula is C8H19NO3. The zero-order valence-electron chi connectivity index (χ0n) is 7.62. The summed E-state index contributed by atoms with van der Waals surface area (Å²) in [6.45, 7) is 2.48. The van der Waals surface area contributed by atoms with E-state index in [0.29, 0.717) is 6.54 Å². The molecule has 0 radical (unpaired) electrons. The molecule has 4 heteroatoms. The van der Waals surface area contributed by atoms with Gasteiger partial charge in [-0.3, -0.25) is 0 Å². The molecule has 0 amide bonds. The molecule has 0 spiro atoms. The van der Waals surface area contributed by atoms with E-state index in [4.69, 9.17) is 10.2 Å². The summed E-state index contributed by atoms with van der Waals surface area (Å²) in [5.74, 6) is 0. The maximum absolute atomic E-state index is 10.9.